The summed E-state index contributed by atoms with van der Waals surface area (Å²) in [5.74, 6) is -1.87. The maximum atomic E-state index is 11.9. The van der Waals surface area contributed by atoms with Crippen molar-refractivity contribution in [3.8, 4) is 0 Å². The summed E-state index contributed by atoms with van der Waals surface area (Å²) in [5.41, 5.74) is 0.475. The van der Waals surface area contributed by atoms with Crippen molar-refractivity contribution in [1.29, 1.82) is 0 Å². The number of aliphatic hydroxyl groups is 1. The minimum atomic E-state index is -1.12. The van der Waals surface area contributed by atoms with E-state index in [1.807, 2.05) is 0 Å². The average Bonchev–Trinajstić information content (AvgIpc) is 3.00. The van der Waals surface area contributed by atoms with Gasteiger partial charge >= 0.3 is 11.9 Å². The van der Waals surface area contributed by atoms with Crippen LogP contribution in [0.3, 0.4) is 0 Å². The van der Waals surface area contributed by atoms with Crippen molar-refractivity contribution in [3.05, 3.63) is 12.2 Å². The van der Waals surface area contributed by atoms with Gasteiger partial charge in [0.25, 0.3) is 0 Å². The number of carbonyl (C=O) groups excluding carboxylic acids is 2. The highest BCUT2D eigenvalue weighted by Gasteiger charge is 2.69. The fourth-order valence-electron chi connectivity index (χ4n) is 3.89. The predicted molar refractivity (Wildman–Crippen MR) is 66.2 cm³/mol. The summed E-state index contributed by atoms with van der Waals surface area (Å²) in [5, 5.41) is 9.81. The number of hydrogen-bond donors (Lipinski definition) is 1. The van der Waals surface area contributed by atoms with Gasteiger partial charge in [-0.15, -0.1) is 0 Å². The van der Waals surface area contributed by atoms with Gasteiger partial charge in [0, 0.05) is 11.8 Å². The Morgan fingerprint density at radius 2 is 2.20 bits per heavy atom. The Labute approximate surface area is 116 Å². The van der Waals surface area contributed by atoms with Crippen LogP contribution >= 0.6 is 0 Å². The number of esters is 2. The highest BCUT2D eigenvalue weighted by atomic mass is 16.6. The lowest BCUT2D eigenvalue weighted by Crippen LogP contribution is -2.44. The molecule has 2 aliphatic carbocycles. The molecule has 1 saturated heterocycles. The van der Waals surface area contributed by atoms with E-state index in [2.05, 4.69) is 6.58 Å². The molecule has 2 bridgehead atoms. The summed E-state index contributed by atoms with van der Waals surface area (Å²) in [6, 6.07) is 0. The van der Waals surface area contributed by atoms with E-state index in [-0.39, 0.29) is 23.9 Å². The summed E-state index contributed by atoms with van der Waals surface area (Å²) in [6.07, 6.45) is -1.27. The van der Waals surface area contributed by atoms with E-state index < -0.39 is 30.2 Å². The van der Waals surface area contributed by atoms with Crippen LogP contribution in [0.4, 0.5) is 0 Å². The Morgan fingerprint density at radius 1 is 1.50 bits per heavy atom. The van der Waals surface area contributed by atoms with Crippen molar-refractivity contribution in [2.45, 2.75) is 31.8 Å². The van der Waals surface area contributed by atoms with Crippen molar-refractivity contribution in [1.82, 2.24) is 0 Å². The van der Waals surface area contributed by atoms with Crippen LogP contribution in [0, 0.1) is 23.7 Å². The lowest BCUT2D eigenvalue weighted by Gasteiger charge is -2.31. The zero-order valence-corrected chi connectivity index (χ0v) is 11.4. The Hall–Kier alpha value is -1.40. The van der Waals surface area contributed by atoms with E-state index >= 15 is 0 Å². The summed E-state index contributed by atoms with van der Waals surface area (Å²) in [4.78, 5) is 23.9. The summed E-state index contributed by atoms with van der Waals surface area (Å²) in [6.45, 7) is 5.28. The second-order valence-electron chi connectivity index (χ2n) is 5.84. The van der Waals surface area contributed by atoms with Crippen LogP contribution in [0.2, 0.25) is 0 Å². The van der Waals surface area contributed by atoms with Gasteiger partial charge in [0.15, 0.2) is 6.29 Å². The first-order valence-electron chi connectivity index (χ1n) is 6.73. The minimum absolute atomic E-state index is 0.0149. The predicted octanol–water partition coefficient (Wildman–Crippen LogP) is 0.247. The molecule has 2 saturated carbocycles. The molecular weight excluding hydrogens is 264 g/mol. The van der Waals surface area contributed by atoms with E-state index in [1.165, 1.54) is 7.11 Å². The molecule has 6 heteroatoms. The fraction of sp³-hybridized carbons (Fsp3) is 0.714. The number of ether oxygens (including phenoxy) is 3. The largest absolute Gasteiger partial charge is 0.469 e. The second kappa shape index (κ2) is 4.56. The normalized spacial score (nSPS) is 42.5. The van der Waals surface area contributed by atoms with Gasteiger partial charge in [-0.1, -0.05) is 6.58 Å². The summed E-state index contributed by atoms with van der Waals surface area (Å²) in [7, 11) is 1.31. The molecule has 110 valence electrons. The molecule has 3 rings (SSSR count). The monoisotopic (exact) mass is 282 g/mol. The molecule has 1 heterocycles. The van der Waals surface area contributed by atoms with Crippen LogP contribution in [0.5, 0.6) is 0 Å². The molecule has 20 heavy (non-hydrogen) atoms. The van der Waals surface area contributed by atoms with Gasteiger partial charge in [-0.05, 0) is 18.9 Å². The quantitative estimate of drug-likeness (QED) is 0.452. The molecule has 0 radical (unpaired) electrons. The zero-order chi connectivity index (χ0) is 14.6. The minimum Gasteiger partial charge on any atom is -0.469 e. The van der Waals surface area contributed by atoms with Gasteiger partial charge < -0.3 is 19.3 Å². The van der Waals surface area contributed by atoms with Crippen LogP contribution in [-0.4, -0.2) is 42.7 Å². The third kappa shape index (κ3) is 1.71. The third-order valence-electron chi connectivity index (χ3n) is 4.73. The number of aliphatic hydroxyl groups excluding tert-OH is 1. The number of carbonyl (C=O) groups is 2. The molecule has 0 aromatic heterocycles. The standard InChI is InChI=1S/C14H18O6/c1-5(2)12(15)19-10-6-4-7-9(8(6)13(16)18-3)14(17)20-11(7)10/h6-12,15H,1,4H2,2-3H3. The lowest BCUT2D eigenvalue weighted by atomic mass is 9.78. The molecule has 0 amide bonds. The van der Waals surface area contributed by atoms with E-state index in [9.17, 15) is 14.7 Å². The van der Waals surface area contributed by atoms with E-state index in [0.29, 0.717) is 12.0 Å². The number of hydrogen-bond acceptors (Lipinski definition) is 6. The fourth-order valence-corrected chi connectivity index (χ4v) is 3.89. The molecule has 3 fully saturated rings. The highest BCUT2D eigenvalue weighted by molar-refractivity contribution is 5.86. The molecule has 0 spiro atoms. The second-order valence-corrected chi connectivity index (χ2v) is 5.84. The smallest absolute Gasteiger partial charge is 0.310 e. The van der Waals surface area contributed by atoms with Crippen molar-refractivity contribution >= 4 is 11.9 Å². The molecule has 3 aliphatic rings. The SMILES string of the molecule is C=C(C)C(O)OC1C2CC3C1OC(=O)C3C2C(=O)OC. The van der Waals surface area contributed by atoms with Gasteiger partial charge in [-0.3, -0.25) is 9.59 Å². The third-order valence-corrected chi connectivity index (χ3v) is 4.73. The first-order valence-corrected chi connectivity index (χ1v) is 6.73. The van der Waals surface area contributed by atoms with Crippen LogP contribution in [0.1, 0.15) is 13.3 Å². The molecule has 6 nitrogen and oxygen atoms in total. The van der Waals surface area contributed by atoms with Gasteiger partial charge in [0.05, 0.1) is 18.9 Å². The van der Waals surface area contributed by atoms with E-state index in [1.54, 1.807) is 6.92 Å². The topological polar surface area (TPSA) is 82.1 Å². The van der Waals surface area contributed by atoms with E-state index in [4.69, 9.17) is 14.2 Å². The molecule has 1 aliphatic heterocycles. The Bertz CT molecular complexity index is 472. The Balaban J connectivity index is 1.86. The Morgan fingerprint density at radius 3 is 2.80 bits per heavy atom. The van der Waals surface area contributed by atoms with Gasteiger partial charge in [0.2, 0.25) is 0 Å². The molecule has 7 unspecified atom stereocenters. The summed E-state index contributed by atoms with van der Waals surface area (Å²) >= 11 is 0. The van der Waals surface area contributed by atoms with Gasteiger partial charge in [-0.2, -0.15) is 0 Å². The first kappa shape index (κ1) is 13.6. The molecule has 1 N–H and O–H groups in total. The summed E-state index contributed by atoms with van der Waals surface area (Å²) < 4.78 is 15.7. The van der Waals surface area contributed by atoms with Gasteiger partial charge in [-0.25, -0.2) is 0 Å². The molecule has 7 atom stereocenters. The van der Waals surface area contributed by atoms with Crippen molar-refractivity contribution in [2.75, 3.05) is 7.11 Å². The van der Waals surface area contributed by atoms with Crippen LogP contribution in [0.25, 0.3) is 0 Å². The van der Waals surface area contributed by atoms with Crippen LogP contribution < -0.4 is 0 Å². The maximum Gasteiger partial charge on any atom is 0.310 e. The molecular formula is C14H18O6. The number of rotatable bonds is 4. The average molecular weight is 282 g/mol. The lowest BCUT2D eigenvalue weighted by molar-refractivity contribution is -0.172. The highest BCUT2D eigenvalue weighted by Crippen LogP contribution is 2.59. The van der Waals surface area contributed by atoms with Gasteiger partial charge in [0.1, 0.15) is 12.2 Å². The molecule has 0 aromatic carbocycles. The Kier molecular flexibility index (Phi) is 3.10. The van der Waals surface area contributed by atoms with Crippen LogP contribution in [0.15, 0.2) is 12.2 Å². The maximum absolute atomic E-state index is 11.9. The first-order chi connectivity index (χ1) is 9.45. The van der Waals surface area contributed by atoms with E-state index in [0.717, 1.165) is 0 Å². The zero-order valence-electron chi connectivity index (χ0n) is 11.4. The van der Waals surface area contributed by atoms with Crippen LogP contribution in [-0.2, 0) is 23.8 Å². The van der Waals surface area contributed by atoms with Crippen molar-refractivity contribution in [3.63, 3.8) is 0 Å². The van der Waals surface area contributed by atoms with Crippen molar-refractivity contribution in [2.24, 2.45) is 23.7 Å². The number of fused-ring (bicyclic) bond motifs is 1. The number of methoxy groups -OCH3 is 1. The molecule has 0 aromatic rings. The van der Waals surface area contributed by atoms with Crippen molar-refractivity contribution < 1.29 is 28.9 Å².